The monoisotopic (exact) mass is 366 g/mol. The predicted molar refractivity (Wildman–Crippen MR) is 87.0 cm³/mol. The summed E-state index contributed by atoms with van der Waals surface area (Å²) in [6, 6.07) is 12.4. The Hall–Kier alpha value is -2.40. The highest BCUT2D eigenvalue weighted by atomic mass is 32.3. The Labute approximate surface area is 140 Å². The van der Waals surface area contributed by atoms with Gasteiger partial charge in [-0.2, -0.15) is 0 Å². The third-order valence-electron chi connectivity index (χ3n) is 3.40. The van der Waals surface area contributed by atoms with Crippen LogP contribution in [0, 0.1) is 0 Å². The van der Waals surface area contributed by atoms with Crippen LogP contribution in [-0.4, -0.2) is 37.6 Å². The van der Waals surface area contributed by atoms with Crippen LogP contribution in [0.4, 0.5) is 0 Å². The van der Waals surface area contributed by atoms with Gasteiger partial charge in [0, 0.05) is 22.2 Å². The third kappa shape index (κ3) is 2.76. The van der Waals surface area contributed by atoms with Gasteiger partial charge in [-0.3, -0.25) is 23.3 Å². The van der Waals surface area contributed by atoms with Crippen molar-refractivity contribution in [1.82, 2.24) is 8.28 Å². The molecule has 0 aliphatic carbocycles. The maximum atomic E-state index is 12.5. The lowest BCUT2D eigenvalue weighted by atomic mass is 10.1. The van der Waals surface area contributed by atoms with E-state index in [1.807, 2.05) is 0 Å². The normalized spacial score (nSPS) is 13.8. The zero-order valence-corrected chi connectivity index (χ0v) is 13.5. The number of amides is 1. The molecule has 2 aromatic heterocycles. The molecule has 1 amide bonds. The van der Waals surface area contributed by atoms with Crippen molar-refractivity contribution in [2.24, 2.45) is 0 Å². The van der Waals surface area contributed by atoms with Crippen molar-refractivity contribution in [1.29, 1.82) is 0 Å². The van der Waals surface area contributed by atoms with Crippen LogP contribution in [0.3, 0.4) is 0 Å². The summed E-state index contributed by atoms with van der Waals surface area (Å²) in [6.07, 6.45) is 0. The molecule has 10 heteroatoms. The first-order valence-corrected chi connectivity index (χ1v) is 8.64. The fourth-order valence-electron chi connectivity index (χ4n) is 2.32. The Kier molecular flexibility index (Phi) is 4.28. The maximum absolute atomic E-state index is 12.5. The summed E-state index contributed by atoms with van der Waals surface area (Å²) >= 11 is -5.89. The second-order valence-electron chi connectivity index (χ2n) is 4.76. The lowest BCUT2D eigenvalue weighted by Crippen LogP contribution is -2.33. The van der Waals surface area contributed by atoms with Crippen LogP contribution >= 0.6 is 0 Å². The molecular weight excluding hydrogens is 356 g/mol. The molecule has 0 aliphatic heterocycles. The third-order valence-corrected chi connectivity index (χ3v) is 5.06. The van der Waals surface area contributed by atoms with Crippen LogP contribution in [0.1, 0.15) is 20.7 Å². The Morgan fingerprint density at radius 2 is 1.21 bits per heavy atom. The molecule has 8 nitrogen and oxygen atoms in total. The molecule has 2 heterocycles. The van der Waals surface area contributed by atoms with Crippen molar-refractivity contribution in [3.8, 4) is 0 Å². The van der Waals surface area contributed by atoms with E-state index in [9.17, 15) is 18.0 Å². The molecule has 2 bridgehead atoms. The standard InChI is InChI=1S/C14H10N2O6S2/c17-13(15-11-5-6-12(15)8-7-11)9-1-3-10(4-2-9)14(18)16(23(19)20)24(21)22/h1-8H,(H,19,20)(H,21,22). The van der Waals surface area contributed by atoms with Crippen LogP contribution in [0.5, 0.6) is 0 Å². The van der Waals surface area contributed by atoms with Crippen LogP contribution in [0.25, 0.3) is 11.0 Å². The topological polar surface area (TPSA) is 117 Å². The van der Waals surface area contributed by atoms with E-state index >= 15 is 0 Å². The molecule has 2 atom stereocenters. The van der Waals surface area contributed by atoms with Crippen LogP contribution < -0.4 is 0 Å². The number of hydrogen-bond acceptors (Lipinski definition) is 4. The van der Waals surface area contributed by atoms with E-state index in [2.05, 4.69) is 0 Å². The summed E-state index contributed by atoms with van der Waals surface area (Å²) in [5, 5.41) is 0. The second-order valence-corrected chi connectivity index (χ2v) is 6.64. The molecule has 0 radical (unpaired) electrons. The van der Waals surface area contributed by atoms with Crippen LogP contribution in [0.2, 0.25) is 0 Å². The number of aromatic nitrogens is 1. The predicted octanol–water partition coefficient (Wildman–Crippen LogP) is 1.48. The summed E-state index contributed by atoms with van der Waals surface area (Å²) in [6.45, 7) is 0. The lowest BCUT2D eigenvalue weighted by Gasteiger charge is -2.12. The molecule has 3 rings (SSSR count). The maximum Gasteiger partial charge on any atom is 0.281 e. The van der Waals surface area contributed by atoms with Gasteiger partial charge in [0.1, 0.15) is 0 Å². The quantitative estimate of drug-likeness (QED) is 0.676. The first-order valence-electron chi connectivity index (χ1n) is 6.51. The number of carbonyl (C=O) groups is 2. The van der Waals surface area contributed by atoms with Crippen molar-refractivity contribution in [2.75, 3.05) is 0 Å². The largest absolute Gasteiger partial charge is 0.288 e. The smallest absolute Gasteiger partial charge is 0.281 e. The van der Waals surface area contributed by atoms with Gasteiger partial charge in [-0.15, -0.1) is 3.71 Å². The van der Waals surface area contributed by atoms with E-state index in [0.717, 1.165) is 11.0 Å². The van der Waals surface area contributed by atoms with Gasteiger partial charge in [0.05, 0.1) is 0 Å². The summed E-state index contributed by atoms with van der Waals surface area (Å²) in [5.74, 6) is -1.40. The number of carbonyl (C=O) groups excluding carboxylic acids is 2. The first-order chi connectivity index (χ1) is 11.4. The Morgan fingerprint density at radius 1 is 0.792 bits per heavy atom. The van der Waals surface area contributed by atoms with E-state index in [-0.39, 0.29) is 15.2 Å². The molecule has 0 fully saturated rings. The summed E-state index contributed by atoms with van der Waals surface area (Å²) in [4.78, 5) is 24.4. The second kappa shape index (κ2) is 6.24. The number of hydrogen-bond donors (Lipinski definition) is 2. The highest BCUT2D eigenvalue weighted by Crippen LogP contribution is 2.19. The Morgan fingerprint density at radius 3 is 1.62 bits per heavy atom. The highest BCUT2D eigenvalue weighted by molar-refractivity contribution is 7.93. The Balaban J connectivity index is 1.88. The highest BCUT2D eigenvalue weighted by Gasteiger charge is 2.26. The van der Waals surface area contributed by atoms with Gasteiger partial charge in [-0.25, -0.2) is 8.42 Å². The van der Waals surface area contributed by atoms with E-state index < -0.39 is 28.4 Å². The first kappa shape index (κ1) is 16.5. The number of fused-ring (bicyclic) bond motifs is 2. The van der Waals surface area contributed by atoms with Gasteiger partial charge in [0.25, 0.3) is 34.3 Å². The minimum absolute atomic E-state index is 0.0997. The van der Waals surface area contributed by atoms with Gasteiger partial charge < -0.3 is 0 Å². The molecule has 24 heavy (non-hydrogen) atoms. The fraction of sp³-hybridized carbons (Fsp3) is 0. The Bertz CT molecular complexity index is 903. The van der Waals surface area contributed by atoms with Gasteiger partial charge in [0.2, 0.25) is 0 Å². The molecule has 3 aromatic rings. The number of rotatable bonds is 4. The van der Waals surface area contributed by atoms with Crippen molar-refractivity contribution in [3.63, 3.8) is 0 Å². The average molecular weight is 366 g/mol. The molecule has 2 N–H and O–H groups in total. The fourth-order valence-corrected chi connectivity index (χ4v) is 3.25. The van der Waals surface area contributed by atoms with Crippen molar-refractivity contribution < 1.29 is 27.1 Å². The van der Waals surface area contributed by atoms with E-state index in [0.29, 0.717) is 5.56 Å². The van der Waals surface area contributed by atoms with Crippen LogP contribution in [-0.2, 0) is 22.5 Å². The van der Waals surface area contributed by atoms with Crippen molar-refractivity contribution >= 4 is 45.4 Å². The average Bonchev–Trinajstić information content (AvgIpc) is 3.13. The molecule has 0 spiro atoms. The SMILES string of the molecule is O=C(c1ccc(C(=O)n2c3ccc2cc3)cc1)N(S(=O)O)S(=O)O. The zero-order chi connectivity index (χ0) is 17.4. The zero-order valence-electron chi connectivity index (χ0n) is 11.9. The number of nitrogens with zero attached hydrogens (tertiary/aromatic N) is 2. The number of benzene rings is 2. The van der Waals surface area contributed by atoms with Gasteiger partial charge in [-0.1, -0.05) is 0 Å². The molecular formula is C14H10N2O6S2. The minimum Gasteiger partial charge on any atom is -0.288 e. The molecule has 1 aromatic carbocycles. The van der Waals surface area contributed by atoms with Crippen LogP contribution in [0.15, 0.2) is 48.5 Å². The van der Waals surface area contributed by atoms with Gasteiger partial charge in [-0.05, 0) is 48.5 Å². The molecule has 0 saturated heterocycles. The van der Waals surface area contributed by atoms with E-state index in [1.165, 1.54) is 28.8 Å². The van der Waals surface area contributed by atoms with Gasteiger partial charge in [0.15, 0.2) is 0 Å². The molecule has 0 saturated carbocycles. The summed E-state index contributed by atoms with van der Waals surface area (Å²) < 4.78 is 41.2. The van der Waals surface area contributed by atoms with Crippen molar-refractivity contribution in [2.45, 2.75) is 0 Å². The molecule has 124 valence electrons. The lowest BCUT2D eigenvalue weighted by molar-refractivity contribution is 0.0916. The van der Waals surface area contributed by atoms with E-state index in [1.54, 1.807) is 24.3 Å². The minimum atomic E-state index is -2.95. The molecule has 0 aliphatic rings. The van der Waals surface area contributed by atoms with Gasteiger partial charge >= 0.3 is 0 Å². The molecule has 2 unspecified atom stereocenters. The van der Waals surface area contributed by atoms with Crippen molar-refractivity contribution in [3.05, 3.63) is 59.7 Å². The van der Waals surface area contributed by atoms with E-state index in [4.69, 9.17) is 9.11 Å². The summed E-state index contributed by atoms with van der Waals surface area (Å²) in [5.41, 5.74) is 1.69. The summed E-state index contributed by atoms with van der Waals surface area (Å²) in [7, 11) is 0.